The molecular weight excluding hydrogens is 210 g/mol. The van der Waals surface area contributed by atoms with Crippen LogP contribution in [0.2, 0.25) is 0 Å². The van der Waals surface area contributed by atoms with Gasteiger partial charge in [-0.3, -0.25) is 9.48 Å². The number of carboxylic acid groups (broad SMARTS) is 1. The molecule has 0 aliphatic heterocycles. The summed E-state index contributed by atoms with van der Waals surface area (Å²) >= 11 is 0. The molecule has 1 rings (SSSR count). The van der Waals surface area contributed by atoms with E-state index >= 15 is 0 Å². The molecule has 6 nitrogen and oxygen atoms in total. The number of rotatable bonds is 6. The molecule has 2 N–H and O–H groups in total. The third-order valence-electron chi connectivity index (χ3n) is 2.06. The van der Waals surface area contributed by atoms with Gasteiger partial charge in [-0.2, -0.15) is 5.10 Å². The van der Waals surface area contributed by atoms with E-state index in [2.05, 4.69) is 10.4 Å². The number of hydrogen-bond donors (Lipinski definition) is 2. The van der Waals surface area contributed by atoms with Gasteiger partial charge < -0.3 is 10.4 Å². The van der Waals surface area contributed by atoms with Crippen molar-refractivity contribution in [2.45, 2.75) is 26.3 Å². The number of nitrogens with zero attached hydrogens (tertiary/aromatic N) is 2. The maximum Gasteiger partial charge on any atom is 0.354 e. The molecule has 0 saturated heterocycles. The summed E-state index contributed by atoms with van der Waals surface area (Å²) in [4.78, 5) is 22.0. The second kappa shape index (κ2) is 5.89. The highest BCUT2D eigenvalue weighted by atomic mass is 16.4. The van der Waals surface area contributed by atoms with Crippen molar-refractivity contribution in [3.05, 3.63) is 18.0 Å². The number of hydrogen-bond acceptors (Lipinski definition) is 3. The van der Waals surface area contributed by atoms with Crippen LogP contribution in [0.1, 0.15) is 30.3 Å². The standard InChI is InChI=1S/C10H15N3O3/c1-2-5-11-9(14)4-7-13-8(10(15)16)3-6-12-13/h3,6H,2,4-5,7H2,1H3,(H,11,14)(H,15,16). The fraction of sp³-hybridized carbons (Fsp3) is 0.500. The molecule has 0 spiro atoms. The molecule has 1 aromatic rings. The third-order valence-corrected chi connectivity index (χ3v) is 2.06. The molecule has 6 heteroatoms. The maximum absolute atomic E-state index is 11.3. The van der Waals surface area contributed by atoms with Gasteiger partial charge in [0.1, 0.15) is 5.69 Å². The predicted octanol–water partition coefficient (Wildman–Crippen LogP) is 0.498. The minimum absolute atomic E-state index is 0.0892. The Labute approximate surface area is 93.3 Å². The Bertz CT molecular complexity index is 373. The van der Waals surface area contributed by atoms with Crippen molar-refractivity contribution in [2.24, 2.45) is 0 Å². The van der Waals surface area contributed by atoms with Gasteiger partial charge in [0.25, 0.3) is 0 Å². The van der Waals surface area contributed by atoms with Crippen molar-refractivity contribution in [2.75, 3.05) is 6.54 Å². The maximum atomic E-state index is 11.3. The molecule has 88 valence electrons. The quantitative estimate of drug-likeness (QED) is 0.738. The number of aryl methyl sites for hydroxylation is 1. The first-order valence-electron chi connectivity index (χ1n) is 5.17. The highest BCUT2D eigenvalue weighted by Crippen LogP contribution is 2.00. The van der Waals surface area contributed by atoms with Gasteiger partial charge in [0, 0.05) is 19.2 Å². The van der Waals surface area contributed by atoms with Gasteiger partial charge >= 0.3 is 5.97 Å². The summed E-state index contributed by atoms with van der Waals surface area (Å²) in [7, 11) is 0. The lowest BCUT2D eigenvalue weighted by Crippen LogP contribution is -2.25. The first kappa shape index (κ1) is 12.2. The summed E-state index contributed by atoms with van der Waals surface area (Å²) in [5, 5.41) is 15.4. The minimum atomic E-state index is -1.04. The van der Waals surface area contributed by atoms with E-state index in [0.29, 0.717) is 6.54 Å². The summed E-state index contributed by atoms with van der Waals surface area (Å²) in [6, 6.07) is 1.41. The van der Waals surface area contributed by atoms with Crippen LogP contribution in [0.3, 0.4) is 0 Å². The van der Waals surface area contributed by atoms with Crippen molar-refractivity contribution in [1.82, 2.24) is 15.1 Å². The second-order valence-electron chi connectivity index (χ2n) is 3.34. The SMILES string of the molecule is CCCNC(=O)CCn1nccc1C(=O)O. The molecule has 1 amide bonds. The van der Waals surface area contributed by atoms with Gasteiger partial charge in [-0.1, -0.05) is 6.92 Å². The van der Waals surface area contributed by atoms with Gasteiger partial charge in [-0.05, 0) is 12.5 Å². The zero-order valence-electron chi connectivity index (χ0n) is 9.14. The monoisotopic (exact) mass is 225 g/mol. The molecule has 0 bridgehead atoms. The summed E-state index contributed by atoms with van der Waals surface area (Å²) in [6.07, 6.45) is 2.53. The largest absolute Gasteiger partial charge is 0.477 e. The van der Waals surface area contributed by atoms with E-state index in [1.54, 1.807) is 0 Å². The highest BCUT2D eigenvalue weighted by molar-refractivity contribution is 5.85. The minimum Gasteiger partial charge on any atom is -0.477 e. The first-order valence-corrected chi connectivity index (χ1v) is 5.17. The Kier molecular flexibility index (Phi) is 4.50. The Balaban J connectivity index is 2.45. The van der Waals surface area contributed by atoms with Gasteiger partial charge in [-0.25, -0.2) is 4.79 Å². The van der Waals surface area contributed by atoms with Crippen LogP contribution < -0.4 is 5.32 Å². The Morgan fingerprint density at radius 3 is 2.94 bits per heavy atom. The average Bonchev–Trinajstić information content (AvgIpc) is 2.71. The summed E-state index contributed by atoms with van der Waals surface area (Å²) < 4.78 is 1.31. The first-order chi connectivity index (χ1) is 7.65. The molecule has 0 unspecified atom stereocenters. The van der Waals surface area contributed by atoms with E-state index in [9.17, 15) is 9.59 Å². The van der Waals surface area contributed by atoms with Crippen molar-refractivity contribution >= 4 is 11.9 Å². The lowest BCUT2D eigenvalue weighted by Gasteiger charge is -2.05. The van der Waals surface area contributed by atoms with Gasteiger partial charge in [-0.15, -0.1) is 0 Å². The van der Waals surface area contributed by atoms with Gasteiger partial charge in [0.15, 0.2) is 0 Å². The fourth-order valence-electron chi connectivity index (χ4n) is 1.25. The van der Waals surface area contributed by atoms with E-state index in [-0.39, 0.29) is 24.6 Å². The summed E-state index contributed by atoms with van der Waals surface area (Å²) in [5.41, 5.74) is 0.100. The molecule has 1 aromatic heterocycles. The van der Waals surface area contributed by atoms with Crippen LogP contribution in [-0.4, -0.2) is 33.3 Å². The normalized spacial score (nSPS) is 10.1. The Morgan fingerprint density at radius 1 is 1.56 bits per heavy atom. The zero-order chi connectivity index (χ0) is 12.0. The van der Waals surface area contributed by atoms with E-state index in [1.165, 1.54) is 16.9 Å². The van der Waals surface area contributed by atoms with Crippen LogP contribution in [-0.2, 0) is 11.3 Å². The van der Waals surface area contributed by atoms with Crippen LogP contribution in [0.15, 0.2) is 12.3 Å². The topological polar surface area (TPSA) is 84.2 Å². The molecule has 1 heterocycles. The van der Waals surface area contributed by atoms with Crippen LogP contribution in [0.25, 0.3) is 0 Å². The van der Waals surface area contributed by atoms with Crippen molar-refractivity contribution < 1.29 is 14.7 Å². The summed E-state index contributed by atoms with van der Waals surface area (Å²) in [5.74, 6) is -1.12. The van der Waals surface area contributed by atoms with E-state index in [0.717, 1.165) is 6.42 Å². The third kappa shape index (κ3) is 3.38. The number of nitrogens with one attached hydrogen (secondary N) is 1. The van der Waals surface area contributed by atoms with Crippen LogP contribution in [0.4, 0.5) is 0 Å². The van der Waals surface area contributed by atoms with Crippen molar-refractivity contribution in [3.63, 3.8) is 0 Å². The van der Waals surface area contributed by atoms with E-state index < -0.39 is 5.97 Å². The number of amides is 1. The Hall–Kier alpha value is -1.85. The molecule has 0 saturated carbocycles. The predicted molar refractivity (Wildman–Crippen MR) is 57.1 cm³/mol. The molecule has 0 aliphatic rings. The number of carbonyl (C=O) groups excluding carboxylic acids is 1. The second-order valence-corrected chi connectivity index (χ2v) is 3.34. The number of aromatic nitrogens is 2. The molecular formula is C10H15N3O3. The van der Waals surface area contributed by atoms with Crippen molar-refractivity contribution in [1.29, 1.82) is 0 Å². The van der Waals surface area contributed by atoms with E-state index in [4.69, 9.17) is 5.11 Å². The Morgan fingerprint density at radius 2 is 2.31 bits per heavy atom. The van der Waals surface area contributed by atoms with Gasteiger partial charge in [0.2, 0.25) is 5.91 Å². The number of carbonyl (C=O) groups is 2. The van der Waals surface area contributed by atoms with Crippen molar-refractivity contribution in [3.8, 4) is 0 Å². The molecule has 16 heavy (non-hydrogen) atoms. The smallest absolute Gasteiger partial charge is 0.354 e. The van der Waals surface area contributed by atoms with E-state index in [1.807, 2.05) is 6.92 Å². The molecule has 0 aliphatic carbocycles. The molecule has 0 fully saturated rings. The molecule has 0 radical (unpaired) electrons. The lowest BCUT2D eigenvalue weighted by atomic mass is 10.3. The van der Waals surface area contributed by atoms with Crippen LogP contribution in [0, 0.1) is 0 Å². The highest BCUT2D eigenvalue weighted by Gasteiger charge is 2.10. The summed E-state index contributed by atoms with van der Waals surface area (Å²) in [6.45, 7) is 2.89. The average molecular weight is 225 g/mol. The fourth-order valence-corrected chi connectivity index (χ4v) is 1.25. The van der Waals surface area contributed by atoms with Crippen LogP contribution in [0.5, 0.6) is 0 Å². The van der Waals surface area contributed by atoms with Gasteiger partial charge in [0.05, 0.1) is 6.54 Å². The molecule has 0 aromatic carbocycles. The van der Waals surface area contributed by atoms with Crippen LogP contribution >= 0.6 is 0 Å². The lowest BCUT2D eigenvalue weighted by molar-refractivity contribution is -0.121. The number of aromatic carboxylic acids is 1. The molecule has 0 atom stereocenters. The number of carboxylic acids is 1. The zero-order valence-corrected chi connectivity index (χ0v) is 9.14.